The van der Waals surface area contributed by atoms with E-state index in [0.29, 0.717) is 11.7 Å². The third kappa shape index (κ3) is 2.97. The first-order valence-electron chi connectivity index (χ1n) is 6.36. The van der Waals surface area contributed by atoms with Crippen molar-refractivity contribution in [3.8, 4) is 0 Å². The summed E-state index contributed by atoms with van der Waals surface area (Å²) in [4.78, 5) is 11.2. The first-order chi connectivity index (χ1) is 8.70. The second-order valence-electron chi connectivity index (χ2n) is 4.84. The van der Waals surface area contributed by atoms with Crippen LogP contribution in [0.2, 0.25) is 0 Å². The predicted molar refractivity (Wildman–Crippen MR) is 68.4 cm³/mol. The van der Waals surface area contributed by atoms with Crippen LogP contribution < -0.4 is 5.32 Å². The average Bonchev–Trinajstić information content (AvgIpc) is 2.81. The van der Waals surface area contributed by atoms with Gasteiger partial charge >= 0.3 is 5.97 Å². The molecule has 1 aliphatic rings. The summed E-state index contributed by atoms with van der Waals surface area (Å²) in [6.45, 7) is 3.22. The zero-order valence-electron chi connectivity index (χ0n) is 10.8. The molecule has 5 heteroatoms. The smallest absolute Gasteiger partial charge is 0.358 e. The molecule has 18 heavy (non-hydrogen) atoms. The van der Waals surface area contributed by atoms with E-state index in [2.05, 4.69) is 27.2 Å². The number of methoxy groups -OCH3 is 1. The molecule has 1 aromatic rings. The van der Waals surface area contributed by atoms with Gasteiger partial charge in [-0.3, -0.25) is 0 Å². The number of hydrogen-bond acceptors (Lipinski definition) is 5. The average molecular weight is 249 g/mol. The van der Waals surface area contributed by atoms with E-state index in [9.17, 15) is 4.79 Å². The molecule has 0 radical (unpaired) electrons. The third-order valence-corrected chi connectivity index (χ3v) is 3.64. The highest BCUT2D eigenvalue weighted by Gasteiger charge is 2.22. The first kappa shape index (κ1) is 12.8. The maximum absolute atomic E-state index is 11.2. The summed E-state index contributed by atoms with van der Waals surface area (Å²) in [7, 11) is 1.33. The van der Waals surface area contributed by atoms with Crippen molar-refractivity contribution < 1.29 is 9.53 Å². The first-order valence-corrected chi connectivity index (χ1v) is 6.36. The van der Waals surface area contributed by atoms with Crippen LogP contribution in [0.15, 0.2) is 12.1 Å². The minimum atomic E-state index is -0.460. The van der Waals surface area contributed by atoms with Crippen LogP contribution in [0.5, 0.6) is 0 Å². The van der Waals surface area contributed by atoms with Crippen molar-refractivity contribution >= 4 is 11.8 Å². The quantitative estimate of drug-likeness (QED) is 0.828. The normalized spacial score (nSPS) is 22.8. The number of nitrogens with one attached hydrogen (secondary N) is 1. The van der Waals surface area contributed by atoms with Crippen LogP contribution in [0.25, 0.3) is 0 Å². The van der Waals surface area contributed by atoms with E-state index in [0.717, 1.165) is 12.5 Å². The number of nitrogens with zero attached hydrogens (tertiary/aromatic N) is 2. The molecule has 1 N–H and O–H groups in total. The summed E-state index contributed by atoms with van der Waals surface area (Å²) >= 11 is 0. The van der Waals surface area contributed by atoms with Crippen LogP contribution in [0.1, 0.15) is 36.7 Å². The Morgan fingerprint density at radius 3 is 2.83 bits per heavy atom. The fourth-order valence-corrected chi connectivity index (χ4v) is 2.40. The summed E-state index contributed by atoms with van der Waals surface area (Å²) in [5, 5.41) is 11.1. The molecule has 2 rings (SSSR count). The van der Waals surface area contributed by atoms with Crippen molar-refractivity contribution in [3.63, 3.8) is 0 Å². The van der Waals surface area contributed by atoms with Crippen LogP contribution in [0, 0.1) is 11.8 Å². The fraction of sp³-hybridized carbons (Fsp3) is 0.615. The van der Waals surface area contributed by atoms with E-state index >= 15 is 0 Å². The number of esters is 1. The minimum Gasteiger partial charge on any atom is -0.464 e. The number of rotatable bonds is 4. The van der Waals surface area contributed by atoms with Gasteiger partial charge in [0.05, 0.1) is 7.11 Å². The highest BCUT2D eigenvalue weighted by atomic mass is 16.5. The summed E-state index contributed by atoms with van der Waals surface area (Å²) in [5.41, 5.74) is 0.234. The molecule has 1 aliphatic carbocycles. The molecule has 0 spiro atoms. The Balaban J connectivity index is 1.88. The lowest BCUT2D eigenvalue weighted by Crippen LogP contribution is -2.17. The number of carbonyl (C=O) groups excluding carboxylic acids is 1. The molecule has 0 aliphatic heterocycles. The number of ether oxygens (including phenoxy) is 1. The number of aromatic nitrogens is 2. The predicted octanol–water partition coefficient (Wildman–Crippen LogP) is 2.11. The Kier molecular flexibility index (Phi) is 4.12. The third-order valence-electron chi connectivity index (χ3n) is 3.64. The van der Waals surface area contributed by atoms with Gasteiger partial charge in [0.15, 0.2) is 5.69 Å². The van der Waals surface area contributed by atoms with Gasteiger partial charge in [0.25, 0.3) is 0 Å². The number of anilines is 1. The van der Waals surface area contributed by atoms with E-state index in [1.165, 1.54) is 26.4 Å². The lowest BCUT2D eigenvalue weighted by Gasteiger charge is -2.15. The van der Waals surface area contributed by atoms with Gasteiger partial charge < -0.3 is 10.1 Å². The van der Waals surface area contributed by atoms with Crippen molar-refractivity contribution in [2.75, 3.05) is 19.0 Å². The Hall–Kier alpha value is -1.65. The second kappa shape index (κ2) is 5.80. The van der Waals surface area contributed by atoms with Crippen molar-refractivity contribution in [2.45, 2.75) is 26.2 Å². The lowest BCUT2D eigenvalue weighted by atomic mass is 9.98. The van der Waals surface area contributed by atoms with Gasteiger partial charge in [-0.1, -0.05) is 19.8 Å². The molecule has 5 nitrogen and oxygen atoms in total. The molecule has 98 valence electrons. The molecule has 0 aromatic carbocycles. The van der Waals surface area contributed by atoms with Gasteiger partial charge in [0.1, 0.15) is 5.82 Å². The van der Waals surface area contributed by atoms with Gasteiger partial charge in [-0.15, -0.1) is 10.2 Å². The van der Waals surface area contributed by atoms with Crippen LogP contribution >= 0.6 is 0 Å². The molecule has 1 fully saturated rings. The van der Waals surface area contributed by atoms with Gasteiger partial charge in [-0.25, -0.2) is 4.79 Å². The summed E-state index contributed by atoms with van der Waals surface area (Å²) < 4.78 is 4.57. The van der Waals surface area contributed by atoms with E-state index in [1.54, 1.807) is 12.1 Å². The van der Waals surface area contributed by atoms with E-state index in [1.807, 2.05) is 0 Å². The standard InChI is InChI=1S/C13H19N3O2/c1-9-4-3-5-10(9)8-14-12-7-6-11(15-16-12)13(17)18-2/h6-7,9-10H,3-5,8H2,1-2H3,(H,14,16). The zero-order chi connectivity index (χ0) is 13.0. The molecule has 0 saturated heterocycles. The van der Waals surface area contributed by atoms with Crippen LogP contribution in [0.3, 0.4) is 0 Å². The van der Waals surface area contributed by atoms with E-state index < -0.39 is 5.97 Å². The van der Waals surface area contributed by atoms with Crippen LogP contribution in [-0.4, -0.2) is 29.8 Å². The van der Waals surface area contributed by atoms with Crippen molar-refractivity contribution in [1.82, 2.24) is 10.2 Å². The lowest BCUT2D eigenvalue weighted by molar-refractivity contribution is 0.0593. The molecular formula is C13H19N3O2. The molecule has 0 amide bonds. The van der Waals surface area contributed by atoms with Crippen molar-refractivity contribution in [1.29, 1.82) is 0 Å². The van der Waals surface area contributed by atoms with E-state index in [4.69, 9.17) is 0 Å². The van der Waals surface area contributed by atoms with Gasteiger partial charge in [-0.2, -0.15) is 0 Å². The second-order valence-corrected chi connectivity index (χ2v) is 4.84. The maximum atomic E-state index is 11.2. The topological polar surface area (TPSA) is 64.1 Å². The van der Waals surface area contributed by atoms with Gasteiger partial charge in [0.2, 0.25) is 0 Å². The Labute approximate surface area is 107 Å². The highest BCUT2D eigenvalue weighted by molar-refractivity contribution is 5.86. The number of hydrogen-bond donors (Lipinski definition) is 1. The van der Waals surface area contributed by atoms with Crippen molar-refractivity contribution in [3.05, 3.63) is 17.8 Å². The highest BCUT2D eigenvalue weighted by Crippen LogP contribution is 2.30. The van der Waals surface area contributed by atoms with Crippen LogP contribution in [-0.2, 0) is 4.74 Å². The van der Waals surface area contributed by atoms with Crippen molar-refractivity contribution in [2.24, 2.45) is 11.8 Å². The van der Waals surface area contributed by atoms with Gasteiger partial charge in [-0.05, 0) is 30.4 Å². The largest absolute Gasteiger partial charge is 0.464 e. The minimum absolute atomic E-state index is 0.234. The molecule has 2 atom stereocenters. The molecule has 2 unspecified atom stereocenters. The Morgan fingerprint density at radius 1 is 1.44 bits per heavy atom. The van der Waals surface area contributed by atoms with Crippen LogP contribution in [0.4, 0.5) is 5.82 Å². The zero-order valence-corrected chi connectivity index (χ0v) is 10.8. The summed E-state index contributed by atoms with van der Waals surface area (Å²) in [6, 6.07) is 3.39. The molecule has 0 bridgehead atoms. The number of carbonyl (C=O) groups is 1. The SMILES string of the molecule is COC(=O)c1ccc(NCC2CCCC2C)nn1. The summed E-state index contributed by atoms with van der Waals surface area (Å²) in [6.07, 6.45) is 3.92. The molecular weight excluding hydrogens is 230 g/mol. The Morgan fingerprint density at radius 2 is 2.28 bits per heavy atom. The Bertz CT molecular complexity index is 405. The molecule has 1 saturated carbocycles. The maximum Gasteiger partial charge on any atom is 0.358 e. The molecule has 1 heterocycles. The fourth-order valence-electron chi connectivity index (χ4n) is 2.40. The molecule has 1 aromatic heterocycles. The van der Waals surface area contributed by atoms with E-state index in [-0.39, 0.29) is 5.69 Å². The monoisotopic (exact) mass is 249 g/mol. The summed E-state index contributed by atoms with van der Waals surface area (Å²) in [5.74, 6) is 1.74. The van der Waals surface area contributed by atoms with Gasteiger partial charge in [0, 0.05) is 6.54 Å².